The number of hydrogen-bond acceptors (Lipinski definition) is 3. The Morgan fingerprint density at radius 2 is 1.72 bits per heavy atom. The van der Waals surface area contributed by atoms with Crippen molar-refractivity contribution >= 4 is 11.8 Å². The molecular weight excluding hydrogens is 230 g/mol. The molecule has 0 aromatic carbocycles. The van der Waals surface area contributed by atoms with Crippen molar-refractivity contribution in [2.24, 2.45) is 11.1 Å². The van der Waals surface area contributed by atoms with Crippen LogP contribution in [-0.2, 0) is 9.59 Å². The number of nitrogens with two attached hydrogens (primary N) is 1. The lowest BCUT2D eigenvalue weighted by atomic mass is 9.80. The fraction of sp³-hybridized carbons (Fsp3) is 0.769. The molecule has 0 aromatic heterocycles. The van der Waals surface area contributed by atoms with Gasteiger partial charge >= 0.3 is 0 Å². The van der Waals surface area contributed by atoms with Crippen LogP contribution in [0.1, 0.15) is 52.4 Å². The summed E-state index contributed by atoms with van der Waals surface area (Å²) in [5.74, 6) is -0.965. The van der Waals surface area contributed by atoms with Crippen molar-refractivity contribution in [1.29, 1.82) is 5.26 Å². The van der Waals surface area contributed by atoms with E-state index in [0.717, 1.165) is 25.7 Å². The Balaban J connectivity index is 2.85. The van der Waals surface area contributed by atoms with Gasteiger partial charge in [-0.15, -0.1) is 0 Å². The van der Waals surface area contributed by atoms with Crippen LogP contribution in [0.3, 0.4) is 0 Å². The Bertz CT molecular complexity index is 374. The molecule has 1 aliphatic rings. The van der Waals surface area contributed by atoms with Crippen LogP contribution >= 0.6 is 0 Å². The Morgan fingerprint density at radius 1 is 1.22 bits per heavy atom. The first-order valence-corrected chi connectivity index (χ1v) is 6.38. The number of nitrogens with zero attached hydrogens (tertiary/aromatic N) is 1. The van der Waals surface area contributed by atoms with Gasteiger partial charge in [0.2, 0.25) is 11.8 Å². The van der Waals surface area contributed by atoms with Crippen LogP contribution in [0.15, 0.2) is 0 Å². The molecule has 0 unspecified atom stereocenters. The summed E-state index contributed by atoms with van der Waals surface area (Å²) in [5, 5.41) is 12.0. The average molecular weight is 251 g/mol. The molecule has 3 N–H and O–H groups in total. The van der Waals surface area contributed by atoms with Crippen molar-refractivity contribution < 1.29 is 9.59 Å². The summed E-state index contributed by atoms with van der Waals surface area (Å²) in [7, 11) is 0. The van der Waals surface area contributed by atoms with Gasteiger partial charge < -0.3 is 11.1 Å². The van der Waals surface area contributed by atoms with E-state index in [2.05, 4.69) is 11.4 Å². The van der Waals surface area contributed by atoms with Crippen LogP contribution in [0, 0.1) is 16.7 Å². The number of primary amides is 1. The van der Waals surface area contributed by atoms with Gasteiger partial charge in [-0.3, -0.25) is 9.59 Å². The summed E-state index contributed by atoms with van der Waals surface area (Å²) in [5.41, 5.74) is 3.11. The van der Waals surface area contributed by atoms with E-state index in [0.29, 0.717) is 12.8 Å². The van der Waals surface area contributed by atoms with Crippen molar-refractivity contribution in [3.05, 3.63) is 0 Å². The van der Waals surface area contributed by atoms with E-state index in [1.807, 2.05) is 0 Å². The monoisotopic (exact) mass is 251 g/mol. The second kappa shape index (κ2) is 5.38. The van der Waals surface area contributed by atoms with Crippen molar-refractivity contribution in [3.8, 4) is 6.07 Å². The largest absolute Gasteiger partial charge is 0.368 e. The summed E-state index contributed by atoms with van der Waals surface area (Å²) >= 11 is 0. The minimum atomic E-state index is -1.12. The van der Waals surface area contributed by atoms with Crippen molar-refractivity contribution in [2.45, 2.75) is 57.9 Å². The lowest BCUT2D eigenvalue weighted by molar-refractivity contribution is -0.135. The summed E-state index contributed by atoms with van der Waals surface area (Å²) in [6.45, 7) is 3.10. The van der Waals surface area contributed by atoms with Crippen LogP contribution in [0.25, 0.3) is 0 Å². The number of nitriles is 1. The second-order valence-electron chi connectivity index (χ2n) is 5.55. The summed E-state index contributed by atoms with van der Waals surface area (Å²) in [4.78, 5) is 23.5. The first-order valence-electron chi connectivity index (χ1n) is 6.38. The third kappa shape index (κ3) is 3.00. The molecule has 1 fully saturated rings. The molecule has 1 saturated carbocycles. The molecule has 0 atom stereocenters. The Labute approximate surface area is 108 Å². The Morgan fingerprint density at radius 3 is 2.11 bits per heavy atom. The molecule has 5 heteroatoms. The maximum absolute atomic E-state index is 12.3. The number of rotatable bonds is 3. The van der Waals surface area contributed by atoms with Gasteiger partial charge in [-0.25, -0.2) is 0 Å². The van der Waals surface area contributed by atoms with Crippen molar-refractivity contribution in [1.82, 2.24) is 5.32 Å². The van der Waals surface area contributed by atoms with Gasteiger partial charge in [-0.1, -0.05) is 25.7 Å². The molecule has 18 heavy (non-hydrogen) atoms. The third-order valence-electron chi connectivity index (χ3n) is 3.65. The van der Waals surface area contributed by atoms with Crippen molar-refractivity contribution in [3.63, 3.8) is 0 Å². The molecule has 0 saturated heterocycles. The molecule has 0 bridgehead atoms. The molecule has 0 heterocycles. The Kier molecular flexibility index (Phi) is 4.33. The van der Waals surface area contributed by atoms with E-state index in [4.69, 9.17) is 5.73 Å². The van der Waals surface area contributed by atoms with Crippen LogP contribution < -0.4 is 11.1 Å². The van der Waals surface area contributed by atoms with E-state index in [-0.39, 0.29) is 5.91 Å². The van der Waals surface area contributed by atoms with Crippen LogP contribution in [0.4, 0.5) is 0 Å². The zero-order chi connectivity index (χ0) is 13.8. The fourth-order valence-electron chi connectivity index (χ4n) is 2.19. The van der Waals surface area contributed by atoms with E-state index in [1.54, 1.807) is 13.8 Å². The summed E-state index contributed by atoms with van der Waals surface area (Å²) in [6, 6.07) is 2.15. The highest BCUT2D eigenvalue weighted by atomic mass is 16.2. The molecule has 2 amide bonds. The standard InChI is InChI=1S/C13H21N3O2/c1-12(2,10(15)17)16-11(18)13(9-14)7-5-3-4-6-8-13/h3-8H2,1-2H3,(H2,15,17)(H,16,18). The molecule has 1 aliphatic carbocycles. The highest BCUT2D eigenvalue weighted by Gasteiger charge is 2.42. The summed E-state index contributed by atoms with van der Waals surface area (Å²) < 4.78 is 0. The molecule has 0 radical (unpaired) electrons. The van der Waals surface area contributed by atoms with Gasteiger partial charge in [0.05, 0.1) is 6.07 Å². The maximum Gasteiger partial charge on any atom is 0.242 e. The maximum atomic E-state index is 12.3. The van der Waals surface area contributed by atoms with Gasteiger partial charge in [0.15, 0.2) is 0 Å². The van der Waals surface area contributed by atoms with E-state index >= 15 is 0 Å². The molecule has 0 aliphatic heterocycles. The lowest BCUT2D eigenvalue weighted by Crippen LogP contribution is -2.56. The number of hydrogen-bond donors (Lipinski definition) is 2. The van der Waals surface area contributed by atoms with Crippen LogP contribution in [0.2, 0.25) is 0 Å². The number of nitrogens with one attached hydrogen (secondary N) is 1. The minimum Gasteiger partial charge on any atom is -0.368 e. The van der Waals surface area contributed by atoms with Gasteiger partial charge in [0.25, 0.3) is 0 Å². The first kappa shape index (κ1) is 14.5. The zero-order valence-electron chi connectivity index (χ0n) is 11.1. The molecule has 1 rings (SSSR count). The average Bonchev–Trinajstić information content (AvgIpc) is 2.54. The van der Waals surface area contributed by atoms with Crippen molar-refractivity contribution in [2.75, 3.05) is 0 Å². The molecule has 0 spiro atoms. The van der Waals surface area contributed by atoms with Gasteiger partial charge in [0, 0.05) is 0 Å². The topological polar surface area (TPSA) is 96.0 Å². The van der Waals surface area contributed by atoms with E-state index in [1.165, 1.54) is 0 Å². The first-order chi connectivity index (χ1) is 8.34. The number of amides is 2. The Hall–Kier alpha value is -1.57. The quantitative estimate of drug-likeness (QED) is 0.738. The van der Waals surface area contributed by atoms with Crippen LogP contribution in [0.5, 0.6) is 0 Å². The van der Waals surface area contributed by atoms with E-state index in [9.17, 15) is 14.9 Å². The molecule has 0 aromatic rings. The predicted molar refractivity (Wildman–Crippen MR) is 67.2 cm³/mol. The lowest BCUT2D eigenvalue weighted by Gasteiger charge is -2.29. The number of carbonyl (C=O) groups is 2. The van der Waals surface area contributed by atoms with E-state index < -0.39 is 16.9 Å². The van der Waals surface area contributed by atoms with Gasteiger partial charge in [-0.2, -0.15) is 5.26 Å². The molecule has 5 nitrogen and oxygen atoms in total. The predicted octanol–water partition coefficient (Wildman–Crippen LogP) is 1.23. The highest BCUT2D eigenvalue weighted by Crippen LogP contribution is 2.35. The number of carbonyl (C=O) groups excluding carboxylic acids is 2. The fourth-order valence-corrected chi connectivity index (χ4v) is 2.19. The smallest absolute Gasteiger partial charge is 0.242 e. The van der Waals surface area contributed by atoms with Crippen LogP contribution in [-0.4, -0.2) is 17.4 Å². The SMILES string of the molecule is CC(C)(NC(=O)C1(C#N)CCCCCC1)C(N)=O. The second-order valence-corrected chi connectivity index (χ2v) is 5.55. The van der Waals surface area contributed by atoms with Gasteiger partial charge in [-0.05, 0) is 26.7 Å². The summed E-state index contributed by atoms with van der Waals surface area (Å²) in [6.07, 6.45) is 4.97. The zero-order valence-corrected chi connectivity index (χ0v) is 11.1. The normalized spacial score (nSPS) is 19.4. The van der Waals surface area contributed by atoms with Gasteiger partial charge in [0.1, 0.15) is 11.0 Å². The highest BCUT2D eigenvalue weighted by molar-refractivity contribution is 5.93. The third-order valence-corrected chi connectivity index (χ3v) is 3.65. The minimum absolute atomic E-state index is 0.365. The molecular formula is C13H21N3O2. The molecule has 100 valence electrons.